The Hall–Kier alpha value is -0.990. The number of carbonyl (C=O) groups excluding carboxylic acids is 1. The molecular weight excluding hydrogens is 259 g/mol. The molecule has 0 aliphatic carbocycles. The van der Waals surface area contributed by atoms with Crippen LogP contribution in [0.1, 0.15) is 24.8 Å². The van der Waals surface area contributed by atoms with E-state index in [1.54, 1.807) is 12.1 Å². The highest BCUT2D eigenvalue weighted by Crippen LogP contribution is 2.22. The monoisotopic (exact) mass is 272 g/mol. The van der Waals surface area contributed by atoms with Crippen molar-refractivity contribution in [2.24, 2.45) is 0 Å². The summed E-state index contributed by atoms with van der Waals surface area (Å²) in [6, 6.07) is 5.36. The molecule has 0 N–H and O–H groups in total. The molecule has 1 aromatic rings. The van der Waals surface area contributed by atoms with E-state index >= 15 is 0 Å². The topological polar surface area (TPSA) is 26.3 Å². The Labute approximate surface area is 111 Å². The molecule has 92 valence electrons. The maximum absolute atomic E-state index is 10.9. The molecule has 0 aliphatic heterocycles. The van der Waals surface area contributed by atoms with Crippen LogP contribution in [0.3, 0.4) is 0 Å². The summed E-state index contributed by atoms with van der Waals surface area (Å²) in [6.07, 6.45) is 5.94. The first-order valence-corrected chi connectivity index (χ1v) is 6.07. The molecule has 0 amide bonds. The smallest absolute Gasteiger partial charge is 0.305 e. The molecular formula is C13H14Cl2O2. The zero-order valence-corrected chi connectivity index (χ0v) is 11.1. The Balaban J connectivity index is 2.40. The molecule has 0 atom stereocenters. The van der Waals surface area contributed by atoms with Gasteiger partial charge in [-0.15, -0.1) is 0 Å². The number of unbranched alkanes of at least 4 members (excludes halogenated alkanes) is 1. The number of hydrogen-bond acceptors (Lipinski definition) is 2. The Morgan fingerprint density at radius 3 is 2.82 bits per heavy atom. The fourth-order valence-corrected chi connectivity index (χ4v) is 1.78. The van der Waals surface area contributed by atoms with Crippen LogP contribution in [0.25, 0.3) is 6.08 Å². The highest BCUT2D eigenvalue weighted by Gasteiger charge is 1.98. The van der Waals surface area contributed by atoms with Gasteiger partial charge in [0.15, 0.2) is 0 Å². The van der Waals surface area contributed by atoms with E-state index in [1.807, 2.05) is 18.2 Å². The second-order valence-electron chi connectivity index (χ2n) is 3.54. The number of carbonyl (C=O) groups is 1. The van der Waals surface area contributed by atoms with Gasteiger partial charge in [-0.3, -0.25) is 4.79 Å². The lowest BCUT2D eigenvalue weighted by Crippen LogP contribution is -1.98. The number of rotatable bonds is 5. The lowest BCUT2D eigenvalue weighted by Gasteiger charge is -1.99. The number of halogens is 2. The first-order chi connectivity index (χ1) is 8.13. The number of esters is 1. The van der Waals surface area contributed by atoms with Crippen molar-refractivity contribution in [3.63, 3.8) is 0 Å². The van der Waals surface area contributed by atoms with Crippen LogP contribution in [0.2, 0.25) is 10.0 Å². The lowest BCUT2D eigenvalue weighted by atomic mass is 10.1. The normalized spacial score (nSPS) is 10.8. The molecule has 0 unspecified atom stereocenters. The highest BCUT2D eigenvalue weighted by molar-refractivity contribution is 6.35. The molecule has 0 saturated heterocycles. The fourth-order valence-electron chi connectivity index (χ4n) is 1.31. The van der Waals surface area contributed by atoms with Crippen LogP contribution >= 0.6 is 23.2 Å². The van der Waals surface area contributed by atoms with Crippen LogP contribution in [0.5, 0.6) is 0 Å². The predicted octanol–water partition coefficient (Wildman–Crippen LogP) is 4.35. The van der Waals surface area contributed by atoms with Crippen molar-refractivity contribution in [1.29, 1.82) is 0 Å². The summed E-state index contributed by atoms with van der Waals surface area (Å²) in [5.74, 6) is -0.178. The van der Waals surface area contributed by atoms with E-state index in [2.05, 4.69) is 4.74 Å². The SMILES string of the molecule is COC(=O)CCC/C=C\c1ccc(Cl)cc1Cl. The molecule has 0 radical (unpaired) electrons. The van der Waals surface area contributed by atoms with Gasteiger partial charge in [0.25, 0.3) is 0 Å². The van der Waals surface area contributed by atoms with E-state index in [0.717, 1.165) is 18.4 Å². The quantitative estimate of drug-likeness (QED) is 0.589. The van der Waals surface area contributed by atoms with Crippen molar-refractivity contribution in [3.05, 3.63) is 39.9 Å². The van der Waals surface area contributed by atoms with Gasteiger partial charge in [-0.25, -0.2) is 0 Å². The van der Waals surface area contributed by atoms with Gasteiger partial charge in [-0.1, -0.05) is 41.4 Å². The van der Waals surface area contributed by atoms with Gasteiger partial charge in [-0.2, -0.15) is 0 Å². The van der Waals surface area contributed by atoms with Crippen molar-refractivity contribution in [2.75, 3.05) is 7.11 Å². The predicted molar refractivity (Wildman–Crippen MR) is 71.4 cm³/mol. The molecule has 1 rings (SSSR count). The lowest BCUT2D eigenvalue weighted by molar-refractivity contribution is -0.140. The highest BCUT2D eigenvalue weighted by atomic mass is 35.5. The van der Waals surface area contributed by atoms with Crippen LogP contribution in [0, 0.1) is 0 Å². The standard InChI is InChI=1S/C13H14Cl2O2/c1-17-13(16)6-4-2-3-5-10-7-8-11(14)9-12(10)15/h3,5,7-9H,2,4,6H2,1H3/b5-3-. The Morgan fingerprint density at radius 1 is 1.41 bits per heavy atom. The van der Waals surface area contributed by atoms with Crippen LogP contribution in [-0.4, -0.2) is 13.1 Å². The summed E-state index contributed by atoms with van der Waals surface area (Å²) in [5, 5.41) is 1.25. The second-order valence-corrected chi connectivity index (χ2v) is 4.38. The van der Waals surface area contributed by atoms with Crippen LogP contribution < -0.4 is 0 Å². The third-order valence-electron chi connectivity index (χ3n) is 2.24. The maximum atomic E-state index is 10.9. The van der Waals surface area contributed by atoms with Gasteiger partial charge in [0, 0.05) is 16.5 Å². The molecule has 2 nitrogen and oxygen atoms in total. The molecule has 4 heteroatoms. The average molecular weight is 273 g/mol. The van der Waals surface area contributed by atoms with Gasteiger partial charge in [-0.05, 0) is 30.5 Å². The zero-order valence-electron chi connectivity index (χ0n) is 9.58. The molecule has 1 aromatic carbocycles. The van der Waals surface area contributed by atoms with Crippen molar-refractivity contribution >= 4 is 35.2 Å². The van der Waals surface area contributed by atoms with Crippen molar-refractivity contribution in [2.45, 2.75) is 19.3 Å². The number of benzene rings is 1. The molecule has 0 bridgehead atoms. The van der Waals surface area contributed by atoms with E-state index < -0.39 is 0 Å². The third-order valence-corrected chi connectivity index (χ3v) is 2.80. The van der Waals surface area contributed by atoms with Gasteiger partial charge in [0.2, 0.25) is 0 Å². The average Bonchev–Trinajstić information content (AvgIpc) is 2.30. The summed E-state index contributed by atoms with van der Waals surface area (Å²) < 4.78 is 4.55. The summed E-state index contributed by atoms with van der Waals surface area (Å²) in [4.78, 5) is 10.9. The molecule has 0 saturated carbocycles. The van der Waals surface area contributed by atoms with Crippen molar-refractivity contribution < 1.29 is 9.53 Å². The molecule has 0 spiro atoms. The first-order valence-electron chi connectivity index (χ1n) is 5.32. The van der Waals surface area contributed by atoms with Gasteiger partial charge < -0.3 is 4.74 Å². The minimum atomic E-state index is -0.178. The summed E-state index contributed by atoms with van der Waals surface area (Å²) in [6.45, 7) is 0. The van der Waals surface area contributed by atoms with Crippen molar-refractivity contribution in [1.82, 2.24) is 0 Å². The minimum absolute atomic E-state index is 0.178. The van der Waals surface area contributed by atoms with Crippen molar-refractivity contribution in [3.8, 4) is 0 Å². The number of ether oxygens (including phenoxy) is 1. The number of methoxy groups -OCH3 is 1. The van der Waals surface area contributed by atoms with E-state index in [4.69, 9.17) is 23.2 Å². The zero-order chi connectivity index (χ0) is 12.7. The van der Waals surface area contributed by atoms with E-state index in [0.29, 0.717) is 16.5 Å². The third kappa shape index (κ3) is 5.24. The maximum Gasteiger partial charge on any atom is 0.305 e. The molecule has 0 heterocycles. The first kappa shape index (κ1) is 14.1. The Kier molecular flexibility index (Phi) is 6.09. The molecule has 0 fully saturated rings. The van der Waals surface area contributed by atoms with Crippen LogP contribution in [0.4, 0.5) is 0 Å². The number of allylic oxidation sites excluding steroid dienone is 1. The van der Waals surface area contributed by atoms with E-state index in [-0.39, 0.29) is 5.97 Å². The van der Waals surface area contributed by atoms with Gasteiger partial charge >= 0.3 is 5.97 Å². The van der Waals surface area contributed by atoms with Gasteiger partial charge in [0.05, 0.1) is 7.11 Å². The molecule has 0 aromatic heterocycles. The summed E-state index contributed by atoms with van der Waals surface area (Å²) in [5.41, 5.74) is 0.925. The van der Waals surface area contributed by atoms with E-state index in [9.17, 15) is 4.79 Å². The Morgan fingerprint density at radius 2 is 2.18 bits per heavy atom. The minimum Gasteiger partial charge on any atom is -0.469 e. The van der Waals surface area contributed by atoms with E-state index in [1.165, 1.54) is 7.11 Å². The largest absolute Gasteiger partial charge is 0.469 e. The van der Waals surface area contributed by atoms with Gasteiger partial charge in [0.1, 0.15) is 0 Å². The molecule has 0 aliphatic rings. The van der Waals surface area contributed by atoms with Crippen LogP contribution in [0.15, 0.2) is 24.3 Å². The molecule has 17 heavy (non-hydrogen) atoms. The number of hydrogen-bond donors (Lipinski definition) is 0. The second kappa shape index (κ2) is 7.36. The Bertz CT molecular complexity index is 414. The fraction of sp³-hybridized carbons (Fsp3) is 0.308. The van der Waals surface area contributed by atoms with Crippen LogP contribution in [-0.2, 0) is 9.53 Å². The summed E-state index contributed by atoms with van der Waals surface area (Å²) >= 11 is 11.8. The summed E-state index contributed by atoms with van der Waals surface area (Å²) in [7, 11) is 1.39.